The van der Waals surface area contributed by atoms with E-state index in [-0.39, 0.29) is 17.7 Å². The molecule has 0 saturated carbocycles. The van der Waals surface area contributed by atoms with Crippen molar-refractivity contribution >= 4 is 17.9 Å². The third kappa shape index (κ3) is 7.94. The smallest absolute Gasteiger partial charge is 0.481 e. The Morgan fingerprint density at radius 1 is 1.21 bits per heavy atom. The van der Waals surface area contributed by atoms with E-state index < -0.39 is 35.6 Å². The number of rotatable bonds is 6. The van der Waals surface area contributed by atoms with E-state index in [2.05, 4.69) is 4.74 Å². The second-order valence-electron chi connectivity index (χ2n) is 8.01. The van der Waals surface area contributed by atoms with E-state index >= 15 is 0 Å². The molecule has 2 unspecified atom stereocenters. The van der Waals surface area contributed by atoms with Crippen molar-refractivity contribution in [3.63, 3.8) is 0 Å². The average molecular weight is 471 g/mol. The summed E-state index contributed by atoms with van der Waals surface area (Å²) >= 11 is 0. The number of hydrogen-bond donors (Lipinski definition) is 3. The number of halogens is 3. The molecule has 3 N–H and O–H groups in total. The number of likely N-dealkylation sites (tertiary alicyclic amines) is 1. The van der Waals surface area contributed by atoms with Crippen molar-refractivity contribution in [1.29, 1.82) is 0 Å². The second kappa shape index (κ2) is 10.5. The van der Waals surface area contributed by atoms with Gasteiger partial charge in [-0.3, -0.25) is 14.5 Å². The molecule has 1 saturated heterocycles. The van der Waals surface area contributed by atoms with Gasteiger partial charge >= 0.3 is 24.3 Å². The molecule has 1 aliphatic carbocycles. The number of aliphatic carboxylic acids is 3. The summed E-state index contributed by atoms with van der Waals surface area (Å²) < 4.78 is 40.2. The van der Waals surface area contributed by atoms with Gasteiger partial charge in [0.2, 0.25) is 0 Å². The minimum atomic E-state index is -4.71. The fourth-order valence-corrected chi connectivity index (χ4v) is 3.46. The summed E-state index contributed by atoms with van der Waals surface area (Å²) in [7, 11) is 0. The van der Waals surface area contributed by atoms with Gasteiger partial charge in [0.15, 0.2) is 0 Å². The number of hydrogen-bond acceptors (Lipinski definition) is 5. The summed E-state index contributed by atoms with van der Waals surface area (Å²) in [6, 6.07) is 5.74. The summed E-state index contributed by atoms with van der Waals surface area (Å²) in [5.41, 5.74) is -0.284. The molecule has 1 aliphatic heterocycles. The molecule has 11 heteroatoms. The zero-order chi connectivity index (χ0) is 24.8. The lowest BCUT2D eigenvalue weighted by atomic mass is 9.80. The summed E-state index contributed by atoms with van der Waals surface area (Å²) in [6.07, 6.45) is 0.290. The number of allylic oxidation sites excluding steroid dienone is 2. The number of nitrogens with zero attached hydrogens (tertiary/aromatic N) is 1. The number of carboxylic acid groups (broad SMARTS) is 3. The van der Waals surface area contributed by atoms with Crippen LogP contribution < -0.4 is 4.74 Å². The molecule has 8 nitrogen and oxygen atoms in total. The highest BCUT2D eigenvalue weighted by molar-refractivity contribution is 5.90. The molecule has 1 aromatic rings. The highest BCUT2D eigenvalue weighted by Crippen LogP contribution is 2.31. The molecule has 180 valence electrons. The molecule has 0 spiro atoms. The SMILES string of the molecule is CC1(C(=O)O)C=CC=C(C(=O)O)C1.O=C(O)C1CCN(Cc2cccc(OC(F)(F)F)c2)C1. The molecule has 1 fully saturated rings. The largest absolute Gasteiger partial charge is 0.573 e. The van der Waals surface area contributed by atoms with E-state index in [1.807, 2.05) is 4.90 Å². The van der Waals surface area contributed by atoms with Crippen LogP contribution in [0.2, 0.25) is 0 Å². The minimum Gasteiger partial charge on any atom is -0.481 e. The molecular formula is C22H24F3NO7. The Kier molecular flexibility index (Phi) is 8.26. The normalized spacial score (nSPS) is 22.7. The van der Waals surface area contributed by atoms with E-state index in [1.54, 1.807) is 6.07 Å². The van der Waals surface area contributed by atoms with Crippen LogP contribution in [0.15, 0.2) is 48.1 Å². The maximum absolute atomic E-state index is 12.1. The van der Waals surface area contributed by atoms with Gasteiger partial charge in [0.1, 0.15) is 5.75 Å². The number of carbonyl (C=O) groups is 3. The summed E-state index contributed by atoms with van der Waals surface area (Å²) in [6.45, 7) is 2.96. The van der Waals surface area contributed by atoms with Crippen molar-refractivity contribution in [2.24, 2.45) is 11.3 Å². The average Bonchev–Trinajstić information content (AvgIpc) is 3.16. The highest BCUT2D eigenvalue weighted by Gasteiger charge is 2.34. The van der Waals surface area contributed by atoms with E-state index in [0.717, 1.165) is 0 Å². The maximum Gasteiger partial charge on any atom is 0.573 e. The van der Waals surface area contributed by atoms with E-state index in [9.17, 15) is 27.6 Å². The molecular weight excluding hydrogens is 447 g/mol. The third-order valence-electron chi connectivity index (χ3n) is 5.24. The molecule has 3 rings (SSSR count). The number of ether oxygens (including phenoxy) is 1. The van der Waals surface area contributed by atoms with Gasteiger partial charge < -0.3 is 20.1 Å². The van der Waals surface area contributed by atoms with Crippen LogP contribution in [0.25, 0.3) is 0 Å². The van der Waals surface area contributed by atoms with Crippen LogP contribution in [-0.4, -0.2) is 57.6 Å². The van der Waals surface area contributed by atoms with Gasteiger partial charge in [0, 0.05) is 18.7 Å². The first-order chi connectivity index (χ1) is 15.3. The van der Waals surface area contributed by atoms with Crippen molar-refractivity contribution in [2.75, 3.05) is 13.1 Å². The molecule has 2 aliphatic rings. The fraction of sp³-hybridized carbons (Fsp3) is 0.409. The molecule has 1 heterocycles. The van der Waals surface area contributed by atoms with Crippen molar-refractivity contribution in [2.45, 2.75) is 32.7 Å². The lowest BCUT2D eigenvalue weighted by Gasteiger charge is -2.23. The predicted molar refractivity (Wildman–Crippen MR) is 109 cm³/mol. The Bertz CT molecular complexity index is 958. The maximum atomic E-state index is 12.1. The third-order valence-corrected chi connectivity index (χ3v) is 5.24. The van der Waals surface area contributed by atoms with Crippen molar-refractivity contribution in [3.05, 3.63) is 53.6 Å². The highest BCUT2D eigenvalue weighted by atomic mass is 19.4. The Balaban J connectivity index is 0.000000257. The summed E-state index contributed by atoms with van der Waals surface area (Å²) in [5, 5.41) is 26.4. The number of benzene rings is 1. The lowest BCUT2D eigenvalue weighted by Crippen LogP contribution is -2.28. The van der Waals surface area contributed by atoms with Crippen LogP contribution in [0, 0.1) is 11.3 Å². The molecule has 0 aromatic heterocycles. The second-order valence-corrected chi connectivity index (χ2v) is 8.01. The van der Waals surface area contributed by atoms with Gasteiger partial charge in [-0.05, 0) is 44.0 Å². The monoisotopic (exact) mass is 471 g/mol. The molecule has 0 amide bonds. The number of carboxylic acids is 3. The molecule has 1 aromatic carbocycles. The Morgan fingerprint density at radius 3 is 2.45 bits per heavy atom. The first kappa shape index (κ1) is 25.9. The van der Waals surface area contributed by atoms with Gasteiger partial charge in [-0.1, -0.05) is 30.4 Å². The topological polar surface area (TPSA) is 124 Å². The van der Waals surface area contributed by atoms with Crippen molar-refractivity contribution < 1.29 is 47.6 Å². The molecule has 2 atom stereocenters. The zero-order valence-corrected chi connectivity index (χ0v) is 17.7. The van der Waals surface area contributed by atoms with Gasteiger partial charge in [0.25, 0.3) is 0 Å². The van der Waals surface area contributed by atoms with Gasteiger partial charge in [-0.15, -0.1) is 13.2 Å². The van der Waals surface area contributed by atoms with Crippen LogP contribution in [0.1, 0.15) is 25.3 Å². The molecule has 0 radical (unpaired) electrons. The quantitative estimate of drug-likeness (QED) is 0.576. The lowest BCUT2D eigenvalue weighted by molar-refractivity contribution is -0.274. The van der Waals surface area contributed by atoms with Gasteiger partial charge in [-0.2, -0.15) is 0 Å². The Morgan fingerprint density at radius 2 is 1.91 bits per heavy atom. The van der Waals surface area contributed by atoms with Crippen LogP contribution in [0.4, 0.5) is 13.2 Å². The van der Waals surface area contributed by atoms with E-state index in [4.69, 9.17) is 15.3 Å². The van der Waals surface area contributed by atoms with Gasteiger partial charge in [0.05, 0.1) is 11.3 Å². The van der Waals surface area contributed by atoms with Crippen molar-refractivity contribution in [1.82, 2.24) is 4.90 Å². The Hall–Kier alpha value is -3.34. The minimum absolute atomic E-state index is 0.0359. The van der Waals surface area contributed by atoms with Crippen LogP contribution in [0.3, 0.4) is 0 Å². The standard InChI is InChI=1S/C13H14F3NO3.C9H10O4/c14-13(15,16)20-11-3-1-2-9(6-11)7-17-5-4-10(8-17)12(18)19;1-9(8(12)13)4-2-3-6(5-9)7(10)11/h1-3,6,10H,4-5,7-8H2,(H,18,19);2-4H,5H2,1H3,(H,10,11)(H,12,13). The molecule has 0 bridgehead atoms. The summed E-state index contributed by atoms with van der Waals surface area (Å²) in [4.78, 5) is 34.1. The van der Waals surface area contributed by atoms with Crippen LogP contribution in [0.5, 0.6) is 5.75 Å². The Labute approximate surface area is 187 Å². The first-order valence-corrected chi connectivity index (χ1v) is 9.94. The van der Waals surface area contributed by atoms with Crippen LogP contribution >= 0.6 is 0 Å². The van der Waals surface area contributed by atoms with Crippen LogP contribution in [-0.2, 0) is 20.9 Å². The van der Waals surface area contributed by atoms with E-state index in [0.29, 0.717) is 31.6 Å². The zero-order valence-electron chi connectivity index (χ0n) is 17.7. The van der Waals surface area contributed by atoms with Crippen molar-refractivity contribution in [3.8, 4) is 5.75 Å². The van der Waals surface area contributed by atoms with Gasteiger partial charge in [-0.25, -0.2) is 4.79 Å². The summed E-state index contributed by atoms with van der Waals surface area (Å²) in [5.74, 6) is -3.55. The fourth-order valence-electron chi connectivity index (χ4n) is 3.46. The predicted octanol–water partition coefficient (Wildman–Crippen LogP) is 3.54. The number of alkyl halides is 3. The molecule has 33 heavy (non-hydrogen) atoms. The first-order valence-electron chi connectivity index (χ1n) is 9.94. The van der Waals surface area contributed by atoms with E-state index in [1.165, 1.54) is 43.4 Å².